The van der Waals surface area contributed by atoms with E-state index in [0.717, 1.165) is 17.9 Å². The Labute approximate surface area is 127 Å². The van der Waals surface area contributed by atoms with Crippen molar-refractivity contribution in [3.05, 3.63) is 23.8 Å². The summed E-state index contributed by atoms with van der Waals surface area (Å²) in [5.74, 6) is 0.235. The zero-order valence-electron chi connectivity index (χ0n) is 13.3. The van der Waals surface area contributed by atoms with Gasteiger partial charge in [-0.05, 0) is 37.0 Å². The van der Waals surface area contributed by atoms with Gasteiger partial charge in [-0.25, -0.2) is 4.79 Å². The molecule has 2 N–H and O–H groups in total. The fourth-order valence-corrected chi connectivity index (χ4v) is 3.09. The molecule has 1 fully saturated rings. The molecule has 21 heavy (non-hydrogen) atoms. The average molecular weight is 290 g/mol. The number of methoxy groups -OCH3 is 1. The molecule has 1 aromatic carbocycles. The maximum atomic E-state index is 11.8. The second kappa shape index (κ2) is 6.83. The van der Waals surface area contributed by atoms with Gasteiger partial charge in [-0.15, -0.1) is 0 Å². The Bertz CT molecular complexity index is 494. The molecule has 116 valence electrons. The van der Waals surface area contributed by atoms with Crippen molar-refractivity contribution in [2.75, 3.05) is 24.3 Å². The number of nitrogen functional groups attached to an aromatic ring is 1. The molecule has 1 aliphatic carbocycles. The van der Waals surface area contributed by atoms with Crippen molar-refractivity contribution >= 4 is 17.3 Å². The topological polar surface area (TPSA) is 55.6 Å². The molecule has 0 saturated heterocycles. The third-order valence-electron chi connectivity index (χ3n) is 4.09. The van der Waals surface area contributed by atoms with Crippen LogP contribution in [0.25, 0.3) is 0 Å². The zero-order valence-corrected chi connectivity index (χ0v) is 13.3. The van der Waals surface area contributed by atoms with Crippen LogP contribution in [0.4, 0.5) is 11.4 Å². The first-order chi connectivity index (χ1) is 10.0. The smallest absolute Gasteiger partial charge is 0.337 e. The van der Waals surface area contributed by atoms with Crippen molar-refractivity contribution in [3.8, 4) is 0 Å². The van der Waals surface area contributed by atoms with Crippen LogP contribution in [0.3, 0.4) is 0 Å². The summed E-state index contributed by atoms with van der Waals surface area (Å²) in [5, 5.41) is 0. The second-order valence-electron chi connectivity index (χ2n) is 6.25. The van der Waals surface area contributed by atoms with E-state index in [4.69, 9.17) is 10.5 Å². The fourth-order valence-electron chi connectivity index (χ4n) is 3.09. The predicted molar refractivity (Wildman–Crippen MR) is 86.6 cm³/mol. The van der Waals surface area contributed by atoms with Gasteiger partial charge in [0.25, 0.3) is 0 Å². The summed E-state index contributed by atoms with van der Waals surface area (Å²) in [5.41, 5.74) is 8.45. The first-order valence-electron chi connectivity index (χ1n) is 7.77. The lowest BCUT2D eigenvalue weighted by Crippen LogP contribution is -2.37. The highest BCUT2D eigenvalue weighted by molar-refractivity contribution is 5.92. The molecule has 0 atom stereocenters. The Balaban J connectivity index is 2.35. The minimum absolute atomic E-state index is 0.313. The molecule has 0 amide bonds. The quantitative estimate of drug-likeness (QED) is 0.666. The highest BCUT2D eigenvalue weighted by atomic mass is 16.5. The van der Waals surface area contributed by atoms with E-state index in [1.165, 1.54) is 32.8 Å². The number of rotatable bonds is 5. The monoisotopic (exact) mass is 290 g/mol. The Hall–Kier alpha value is -1.71. The van der Waals surface area contributed by atoms with Gasteiger partial charge in [-0.3, -0.25) is 0 Å². The largest absolute Gasteiger partial charge is 0.465 e. The van der Waals surface area contributed by atoms with Crippen molar-refractivity contribution in [2.45, 2.75) is 45.6 Å². The highest BCUT2D eigenvalue weighted by Gasteiger charge is 2.25. The predicted octanol–water partition coefficient (Wildman–Crippen LogP) is 3.46. The van der Waals surface area contributed by atoms with Crippen molar-refractivity contribution in [3.63, 3.8) is 0 Å². The van der Waals surface area contributed by atoms with Crippen molar-refractivity contribution < 1.29 is 9.53 Å². The van der Waals surface area contributed by atoms with Gasteiger partial charge in [0.1, 0.15) is 0 Å². The fraction of sp³-hybridized carbons (Fsp3) is 0.588. The van der Waals surface area contributed by atoms with Gasteiger partial charge in [-0.2, -0.15) is 0 Å². The van der Waals surface area contributed by atoms with Gasteiger partial charge in [-0.1, -0.05) is 26.7 Å². The number of ether oxygens (including phenoxy) is 1. The summed E-state index contributed by atoms with van der Waals surface area (Å²) in [7, 11) is 1.40. The van der Waals surface area contributed by atoms with E-state index >= 15 is 0 Å². The van der Waals surface area contributed by atoms with E-state index in [1.807, 2.05) is 12.1 Å². The van der Waals surface area contributed by atoms with Gasteiger partial charge in [0.15, 0.2) is 0 Å². The first kappa shape index (κ1) is 15.7. The maximum Gasteiger partial charge on any atom is 0.337 e. The van der Waals surface area contributed by atoms with E-state index in [9.17, 15) is 4.79 Å². The number of esters is 1. The lowest BCUT2D eigenvalue weighted by molar-refractivity contribution is 0.0601. The number of hydrogen-bond donors (Lipinski definition) is 1. The van der Waals surface area contributed by atoms with Gasteiger partial charge in [0.05, 0.1) is 24.0 Å². The summed E-state index contributed by atoms with van der Waals surface area (Å²) in [6.45, 7) is 5.38. The van der Waals surface area contributed by atoms with Crippen molar-refractivity contribution in [2.24, 2.45) is 5.92 Å². The van der Waals surface area contributed by atoms with E-state index < -0.39 is 0 Å². The number of nitrogens with zero attached hydrogens (tertiary/aromatic N) is 1. The molecule has 0 aromatic heterocycles. The lowest BCUT2D eigenvalue weighted by atomic mass is 10.1. The molecular weight excluding hydrogens is 264 g/mol. The number of nitrogens with two attached hydrogens (primary N) is 1. The van der Waals surface area contributed by atoms with E-state index in [1.54, 1.807) is 6.07 Å². The molecule has 1 aliphatic rings. The summed E-state index contributed by atoms with van der Waals surface area (Å²) in [6, 6.07) is 5.95. The van der Waals surface area contributed by atoms with E-state index in [-0.39, 0.29) is 5.97 Å². The molecule has 0 unspecified atom stereocenters. The van der Waals surface area contributed by atoms with Crippen molar-refractivity contribution in [1.82, 2.24) is 0 Å². The van der Waals surface area contributed by atoms with Crippen LogP contribution in [0.5, 0.6) is 0 Å². The standard InChI is InChI=1S/C17H26N2O2/c1-12(2)11-19(14-6-4-5-7-14)16-10-13(17(20)21-3)8-9-15(16)18/h8-10,12,14H,4-7,11,18H2,1-3H3. The zero-order chi connectivity index (χ0) is 15.4. The molecule has 4 heteroatoms. The van der Waals surface area contributed by atoms with Crippen LogP contribution in [-0.2, 0) is 4.74 Å². The van der Waals surface area contributed by atoms with Gasteiger partial charge in [0.2, 0.25) is 0 Å². The normalized spacial score (nSPS) is 15.4. The average Bonchev–Trinajstić information content (AvgIpc) is 2.98. The summed E-state index contributed by atoms with van der Waals surface area (Å²) >= 11 is 0. The van der Waals surface area contributed by atoms with Gasteiger partial charge in [0, 0.05) is 12.6 Å². The van der Waals surface area contributed by atoms with Crippen molar-refractivity contribution in [1.29, 1.82) is 0 Å². The number of benzene rings is 1. The SMILES string of the molecule is COC(=O)c1ccc(N)c(N(CC(C)C)C2CCCC2)c1. The van der Waals surface area contributed by atoms with Crippen LogP contribution in [-0.4, -0.2) is 25.7 Å². The van der Waals surface area contributed by atoms with Gasteiger partial charge < -0.3 is 15.4 Å². The van der Waals surface area contributed by atoms with Crippen LogP contribution in [0.1, 0.15) is 49.9 Å². The number of anilines is 2. The summed E-state index contributed by atoms with van der Waals surface area (Å²) in [6.07, 6.45) is 4.95. The van der Waals surface area contributed by atoms with Crippen LogP contribution >= 0.6 is 0 Å². The molecule has 2 rings (SSSR count). The molecule has 1 saturated carbocycles. The Morgan fingerprint density at radius 2 is 2.05 bits per heavy atom. The molecular formula is C17H26N2O2. The van der Waals surface area contributed by atoms with Crippen LogP contribution < -0.4 is 10.6 Å². The molecule has 0 heterocycles. The Morgan fingerprint density at radius 1 is 1.38 bits per heavy atom. The van der Waals surface area contributed by atoms with E-state index in [2.05, 4.69) is 18.7 Å². The third kappa shape index (κ3) is 3.69. The molecule has 1 aromatic rings. The molecule has 0 bridgehead atoms. The summed E-state index contributed by atoms with van der Waals surface area (Å²) in [4.78, 5) is 14.1. The minimum atomic E-state index is -0.313. The molecule has 0 spiro atoms. The molecule has 0 radical (unpaired) electrons. The van der Waals surface area contributed by atoms with Gasteiger partial charge >= 0.3 is 5.97 Å². The number of hydrogen-bond acceptors (Lipinski definition) is 4. The number of carbonyl (C=O) groups is 1. The Morgan fingerprint density at radius 3 is 2.62 bits per heavy atom. The maximum absolute atomic E-state index is 11.8. The minimum Gasteiger partial charge on any atom is -0.465 e. The lowest BCUT2D eigenvalue weighted by Gasteiger charge is -2.34. The first-order valence-corrected chi connectivity index (χ1v) is 7.77. The molecule has 4 nitrogen and oxygen atoms in total. The highest BCUT2D eigenvalue weighted by Crippen LogP contribution is 2.33. The van der Waals surface area contributed by atoms with Crippen LogP contribution in [0.15, 0.2) is 18.2 Å². The third-order valence-corrected chi connectivity index (χ3v) is 4.09. The van der Waals surface area contributed by atoms with Crippen LogP contribution in [0.2, 0.25) is 0 Å². The second-order valence-corrected chi connectivity index (χ2v) is 6.25. The van der Waals surface area contributed by atoms with Crippen LogP contribution in [0, 0.1) is 5.92 Å². The van der Waals surface area contributed by atoms with E-state index in [0.29, 0.717) is 17.5 Å². The summed E-state index contributed by atoms with van der Waals surface area (Å²) < 4.78 is 4.82. The number of carbonyl (C=O) groups excluding carboxylic acids is 1. The Kier molecular flexibility index (Phi) is 5.10. The molecule has 0 aliphatic heterocycles.